The zero-order valence-electron chi connectivity index (χ0n) is 14.9. The van der Waals surface area contributed by atoms with Gasteiger partial charge in [-0.3, -0.25) is 0 Å². The van der Waals surface area contributed by atoms with E-state index in [1.54, 1.807) is 11.8 Å². The monoisotopic (exact) mass is 327 g/mol. The number of carbonyl (C=O) groups excluding carboxylic acids is 2. The van der Waals surface area contributed by atoms with Gasteiger partial charge < -0.3 is 20.3 Å². The first-order chi connectivity index (χ1) is 11.1. The number of nitrogens with zero attached hydrogens (tertiary/aromatic N) is 1. The second kappa shape index (κ2) is 11.1. The molecule has 3 amide bonds. The van der Waals surface area contributed by atoms with Crippen LogP contribution in [0.3, 0.4) is 0 Å². The van der Waals surface area contributed by atoms with E-state index in [4.69, 9.17) is 4.74 Å². The van der Waals surface area contributed by atoms with E-state index in [0.29, 0.717) is 19.7 Å². The van der Waals surface area contributed by atoms with E-state index < -0.39 is 0 Å². The molecule has 0 aliphatic carbocycles. The van der Waals surface area contributed by atoms with Crippen LogP contribution in [0.5, 0.6) is 0 Å². The van der Waals surface area contributed by atoms with Gasteiger partial charge in [-0.2, -0.15) is 0 Å². The van der Waals surface area contributed by atoms with Crippen molar-refractivity contribution in [2.24, 2.45) is 0 Å². The normalized spacial score (nSPS) is 16.7. The van der Waals surface area contributed by atoms with E-state index in [1.807, 2.05) is 0 Å². The van der Waals surface area contributed by atoms with Crippen LogP contribution < -0.4 is 10.6 Å². The van der Waals surface area contributed by atoms with Crippen molar-refractivity contribution in [2.75, 3.05) is 19.7 Å². The Kier molecular flexibility index (Phi) is 9.48. The first-order valence-corrected chi connectivity index (χ1v) is 9.05. The van der Waals surface area contributed by atoms with Crippen LogP contribution in [0.1, 0.15) is 65.7 Å². The number of rotatable bonds is 8. The van der Waals surface area contributed by atoms with Crippen LogP contribution in [-0.4, -0.2) is 48.8 Å². The largest absolute Gasteiger partial charge is 0.450 e. The molecule has 1 aliphatic rings. The molecule has 23 heavy (non-hydrogen) atoms. The standard InChI is InChI=1S/C17H33N3O3/c1-4-6-7-8-9-14(3)18-16(21)19-15-10-12-20(13-11-15)17(22)23-5-2/h14-15H,4-13H2,1-3H3,(H2,18,19,21). The van der Waals surface area contributed by atoms with Gasteiger partial charge in [0.15, 0.2) is 0 Å². The van der Waals surface area contributed by atoms with Crippen molar-refractivity contribution in [1.82, 2.24) is 15.5 Å². The lowest BCUT2D eigenvalue weighted by atomic mass is 10.1. The molecule has 0 aromatic rings. The number of piperidine rings is 1. The molecule has 6 nitrogen and oxygen atoms in total. The molecule has 1 saturated heterocycles. The molecular weight excluding hydrogens is 294 g/mol. The predicted octanol–water partition coefficient (Wildman–Crippen LogP) is 3.27. The number of ether oxygens (including phenoxy) is 1. The number of urea groups is 1. The number of carbonyl (C=O) groups is 2. The summed E-state index contributed by atoms with van der Waals surface area (Å²) in [6.07, 6.45) is 7.20. The Balaban J connectivity index is 2.17. The first kappa shape index (κ1) is 19.6. The van der Waals surface area contributed by atoms with E-state index in [0.717, 1.165) is 25.7 Å². The lowest BCUT2D eigenvalue weighted by Crippen LogP contribution is -2.50. The van der Waals surface area contributed by atoms with Crippen molar-refractivity contribution >= 4 is 12.1 Å². The molecule has 6 heteroatoms. The highest BCUT2D eigenvalue weighted by Crippen LogP contribution is 2.11. The minimum atomic E-state index is -0.254. The Hall–Kier alpha value is -1.46. The number of unbranched alkanes of at least 4 members (excludes halogenated alkanes) is 3. The van der Waals surface area contributed by atoms with Gasteiger partial charge in [0.1, 0.15) is 0 Å². The van der Waals surface area contributed by atoms with Crippen molar-refractivity contribution < 1.29 is 14.3 Å². The lowest BCUT2D eigenvalue weighted by Gasteiger charge is -2.31. The summed E-state index contributed by atoms with van der Waals surface area (Å²) in [7, 11) is 0. The molecule has 1 atom stereocenters. The Morgan fingerprint density at radius 1 is 1.17 bits per heavy atom. The molecule has 0 saturated carbocycles. The summed E-state index contributed by atoms with van der Waals surface area (Å²) in [5.74, 6) is 0. The van der Waals surface area contributed by atoms with Gasteiger partial charge in [-0.25, -0.2) is 9.59 Å². The van der Waals surface area contributed by atoms with Crippen LogP contribution in [0.15, 0.2) is 0 Å². The highest BCUT2D eigenvalue weighted by molar-refractivity contribution is 5.74. The van der Waals surface area contributed by atoms with Crippen LogP contribution in [0.2, 0.25) is 0 Å². The summed E-state index contributed by atoms with van der Waals surface area (Å²) in [4.78, 5) is 25.3. The average Bonchev–Trinajstić information content (AvgIpc) is 2.52. The van der Waals surface area contributed by atoms with Crippen LogP contribution in [0.4, 0.5) is 9.59 Å². The highest BCUT2D eigenvalue weighted by atomic mass is 16.6. The maximum absolute atomic E-state index is 12.0. The minimum Gasteiger partial charge on any atom is -0.450 e. The average molecular weight is 327 g/mol. The zero-order valence-corrected chi connectivity index (χ0v) is 14.9. The summed E-state index contributed by atoms with van der Waals surface area (Å²) >= 11 is 0. The quantitative estimate of drug-likeness (QED) is 0.672. The van der Waals surface area contributed by atoms with Gasteiger partial charge in [0.25, 0.3) is 0 Å². The van der Waals surface area contributed by atoms with Crippen LogP contribution >= 0.6 is 0 Å². The highest BCUT2D eigenvalue weighted by Gasteiger charge is 2.24. The molecule has 0 spiro atoms. The fourth-order valence-electron chi connectivity index (χ4n) is 2.82. The van der Waals surface area contributed by atoms with Crippen molar-refractivity contribution in [3.8, 4) is 0 Å². The third-order valence-corrected chi connectivity index (χ3v) is 4.22. The van der Waals surface area contributed by atoms with E-state index in [1.165, 1.54) is 19.3 Å². The third kappa shape index (κ3) is 8.09. The van der Waals surface area contributed by atoms with Crippen molar-refractivity contribution in [2.45, 2.75) is 77.8 Å². The number of hydrogen-bond donors (Lipinski definition) is 2. The van der Waals surface area contributed by atoms with E-state index >= 15 is 0 Å². The number of amides is 3. The molecule has 0 aromatic heterocycles. The molecule has 134 valence electrons. The number of nitrogens with one attached hydrogen (secondary N) is 2. The fraction of sp³-hybridized carbons (Fsp3) is 0.882. The van der Waals surface area contributed by atoms with Crippen molar-refractivity contribution in [1.29, 1.82) is 0 Å². The van der Waals surface area contributed by atoms with Gasteiger partial charge in [-0.1, -0.05) is 32.6 Å². The molecular formula is C17H33N3O3. The Bertz CT molecular complexity index is 355. The van der Waals surface area contributed by atoms with Gasteiger partial charge >= 0.3 is 12.1 Å². The lowest BCUT2D eigenvalue weighted by molar-refractivity contribution is 0.0957. The summed E-state index contributed by atoms with van der Waals surface area (Å²) in [5, 5.41) is 6.02. The zero-order chi connectivity index (χ0) is 17.1. The molecule has 0 radical (unpaired) electrons. The SMILES string of the molecule is CCCCCCC(C)NC(=O)NC1CCN(C(=O)OCC)CC1. The van der Waals surface area contributed by atoms with Crippen molar-refractivity contribution in [3.05, 3.63) is 0 Å². The second-order valence-corrected chi connectivity index (χ2v) is 6.33. The van der Waals surface area contributed by atoms with E-state index in [9.17, 15) is 9.59 Å². The van der Waals surface area contributed by atoms with Gasteiger partial charge in [0.2, 0.25) is 0 Å². The maximum atomic E-state index is 12.0. The molecule has 0 bridgehead atoms. The first-order valence-electron chi connectivity index (χ1n) is 9.05. The topological polar surface area (TPSA) is 70.7 Å². The number of hydrogen-bond acceptors (Lipinski definition) is 3. The van der Waals surface area contributed by atoms with Crippen molar-refractivity contribution in [3.63, 3.8) is 0 Å². The van der Waals surface area contributed by atoms with Crippen LogP contribution in [0, 0.1) is 0 Å². The summed E-state index contributed by atoms with van der Waals surface area (Å²) in [6.45, 7) is 7.72. The molecule has 1 fully saturated rings. The van der Waals surface area contributed by atoms with Gasteiger partial charge in [-0.15, -0.1) is 0 Å². The fourth-order valence-corrected chi connectivity index (χ4v) is 2.82. The summed E-state index contributed by atoms with van der Waals surface area (Å²) in [5.41, 5.74) is 0. The van der Waals surface area contributed by atoms with E-state index in [-0.39, 0.29) is 24.2 Å². The molecule has 0 aromatic carbocycles. The molecule has 1 rings (SSSR count). The smallest absolute Gasteiger partial charge is 0.409 e. The van der Waals surface area contributed by atoms with Gasteiger partial charge in [-0.05, 0) is 33.1 Å². The van der Waals surface area contributed by atoms with Crippen LogP contribution in [-0.2, 0) is 4.74 Å². The van der Waals surface area contributed by atoms with E-state index in [2.05, 4.69) is 24.5 Å². The maximum Gasteiger partial charge on any atom is 0.409 e. The molecule has 2 N–H and O–H groups in total. The number of likely N-dealkylation sites (tertiary alicyclic amines) is 1. The predicted molar refractivity (Wildman–Crippen MR) is 91.5 cm³/mol. The Labute approximate surface area is 140 Å². The van der Waals surface area contributed by atoms with Crippen LogP contribution in [0.25, 0.3) is 0 Å². The summed E-state index contributed by atoms with van der Waals surface area (Å²) in [6, 6.07) is 0.238. The third-order valence-electron chi connectivity index (χ3n) is 4.22. The van der Waals surface area contributed by atoms with Gasteiger partial charge in [0.05, 0.1) is 6.61 Å². The summed E-state index contributed by atoms with van der Waals surface area (Å²) < 4.78 is 4.99. The molecule has 1 unspecified atom stereocenters. The Morgan fingerprint density at radius 2 is 1.87 bits per heavy atom. The van der Waals surface area contributed by atoms with Gasteiger partial charge in [0, 0.05) is 25.2 Å². The minimum absolute atomic E-state index is 0.0948. The Morgan fingerprint density at radius 3 is 2.48 bits per heavy atom. The molecule has 1 aliphatic heterocycles. The molecule has 1 heterocycles. The second-order valence-electron chi connectivity index (χ2n) is 6.33.